The lowest BCUT2D eigenvalue weighted by Gasteiger charge is -2.35. The lowest BCUT2D eigenvalue weighted by molar-refractivity contribution is -0.143. The Kier molecular flexibility index (Phi) is 4.85. The summed E-state index contributed by atoms with van der Waals surface area (Å²) in [6, 6.07) is 12.5. The maximum absolute atomic E-state index is 14.4. The SMILES string of the molecule is Cc1ccc2c(c1)[C@@]1(SCCN1C(=O)C1CCCC1)C(=O)N2Cc1ccccc1F. The predicted molar refractivity (Wildman–Crippen MR) is 117 cm³/mol. The number of hydrogen-bond donors (Lipinski definition) is 0. The summed E-state index contributed by atoms with van der Waals surface area (Å²) in [4.78, 5) is 29.9. The Bertz CT molecular complexity index is 1020. The van der Waals surface area contributed by atoms with Gasteiger partial charge in [0, 0.05) is 29.3 Å². The van der Waals surface area contributed by atoms with Crippen molar-refractivity contribution in [1.82, 2.24) is 4.90 Å². The monoisotopic (exact) mass is 424 g/mol. The second kappa shape index (κ2) is 7.41. The molecule has 1 aliphatic carbocycles. The van der Waals surface area contributed by atoms with Gasteiger partial charge >= 0.3 is 0 Å². The molecule has 3 aliphatic rings. The maximum atomic E-state index is 14.4. The van der Waals surface area contributed by atoms with E-state index in [1.54, 1.807) is 34.9 Å². The van der Waals surface area contributed by atoms with Gasteiger partial charge in [-0.3, -0.25) is 9.59 Å². The van der Waals surface area contributed by atoms with Crippen LogP contribution in [-0.2, 0) is 21.0 Å². The molecule has 6 heteroatoms. The lowest BCUT2D eigenvalue weighted by Crippen LogP contribution is -2.51. The van der Waals surface area contributed by atoms with Crippen molar-refractivity contribution < 1.29 is 14.0 Å². The van der Waals surface area contributed by atoms with Crippen LogP contribution in [0.2, 0.25) is 0 Å². The molecule has 2 fully saturated rings. The molecule has 0 aromatic heterocycles. The molecule has 30 heavy (non-hydrogen) atoms. The topological polar surface area (TPSA) is 40.6 Å². The molecular formula is C24H25FN2O2S. The highest BCUT2D eigenvalue weighted by Gasteiger charge is 2.60. The molecule has 4 nitrogen and oxygen atoms in total. The minimum Gasteiger partial charge on any atom is -0.315 e. The predicted octanol–water partition coefficient (Wildman–Crippen LogP) is 4.60. The van der Waals surface area contributed by atoms with Crippen molar-refractivity contribution in [2.24, 2.45) is 5.92 Å². The fourth-order valence-corrected chi connectivity index (χ4v) is 6.56. The third kappa shape index (κ3) is 2.88. The van der Waals surface area contributed by atoms with E-state index in [0.29, 0.717) is 12.1 Å². The number of thioether (sulfide) groups is 1. The van der Waals surface area contributed by atoms with E-state index in [0.717, 1.165) is 48.3 Å². The van der Waals surface area contributed by atoms with Crippen molar-refractivity contribution in [2.75, 3.05) is 17.2 Å². The Balaban J connectivity index is 1.59. The number of halogens is 1. The van der Waals surface area contributed by atoms with E-state index in [-0.39, 0.29) is 30.1 Å². The van der Waals surface area contributed by atoms with E-state index in [2.05, 4.69) is 0 Å². The van der Waals surface area contributed by atoms with Gasteiger partial charge in [-0.05, 0) is 31.9 Å². The van der Waals surface area contributed by atoms with Gasteiger partial charge in [-0.25, -0.2) is 4.39 Å². The van der Waals surface area contributed by atoms with Crippen molar-refractivity contribution in [3.05, 3.63) is 65.0 Å². The largest absolute Gasteiger partial charge is 0.315 e. The first-order chi connectivity index (χ1) is 14.5. The van der Waals surface area contributed by atoms with Crippen LogP contribution in [0.15, 0.2) is 42.5 Å². The molecule has 1 saturated heterocycles. The van der Waals surface area contributed by atoms with Gasteiger partial charge < -0.3 is 9.80 Å². The number of aryl methyl sites for hydroxylation is 1. The van der Waals surface area contributed by atoms with Gasteiger partial charge in [0.15, 0.2) is 4.87 Å². The number of fused-ring (bicyclic) bond motifs is 2. The van der Waals surface area contributed by atoms with Crippen LogP contribution in [0, 0.1) is 18.7 Å². The normalized spacial score (nSPS) is 23.6. The standard InChI is InChI=1S/C24H25FN2O2S/c1-16-10-11-21-19(14-16)24(23(29)26(21)15-18-8-4-5-9-20(18)25)27(12-13-30-24)22(28)17-6-2-3-7-17/h4-5,8-11,14,17H,2-3,6-7,12-13,15H2,1H3/t24-/m1/s1. The van der Waals surface area contributed by atoms with E-state index in [4.69, 9.17) is 0 Å². The van der Waals surface area contributed by atoms with Crippen LogP contribution in [-0.4, -0.2) is 29.0 Å². The highest BCUT2D eigenvalue weighted by molar-refractivity contribution is 8.01. The van der Waals surface area contributed by atoms with Gasteiger partial charge in [-0.2, -0.15) is 0 Å². The first-order valence-corrected chi connectivity index (χ1v) is 11.6. The zero-order valence-corrected chi connectivity index (χ0v) is 17.9. The second-order valence-electron chi connectivity index (χ2n) is 8.47. The molecule has 0 unspecified atom stereocenters. The molecule has 0 N–H and O–H groups in total. The summed E-state index contributed by atoms with van der Waals surface area (Å²) in [6.07, 6.45) is 3.97. The van der Waals surface area contributed by atoms with Gasteiger partial charge in [-0.1, -0.05) is 48.7 Å². The number of nitrogens with zero attached hydrogens (tertiary/aromatic N) is 2. The molecule has 0 radical (unpaired) electrons. The molecule has 1 atom stereocenters. The third-order valence-electron chi connectivity index (χ3n) is 6.61. The first-order valence-electron chi connectivity index (χ1n) is 10.6. The summed E-state index contributed by atoms with van der Waals surface area (Å²) in [7, 11) is 0. The summed E-state index contributed by atoms with van der Waals surface area (Å²) >= 11 is 1.55. The highest BCUT2D eigenvalue weighted by atomic mass is 32.2. The van der Waals surface area contributed by atoms with Crippen LogP contribution < -0.4 is 4.90 Å². The molecule has 1 spiro atoms. The Morgan fingerprint density at radius 3 is 2.73 bits per heavy atom. The average Bonchev–Trinajstić information content (AvgIpc) is 3.47. The first kappa shape index (κ1) is 19.6. The Morgan fingerprint density at radius 1 is 1.20 bits per heavy atom. The number of benzene rings is 2. The van der Waals surface area contributed by atoms with Crippen LogP contribution in [0.5, 0.6) is 0 Å². The van der Waals surface area contributed by atoms with Gasteiger partial charge in [-0.15, -0.1) is 11.8 Å². The molecular weight excluding hydrogens is 399 g/mol. The highest BCUT2D eigenvalue weighted by Crippen LogP contribution is 2.55. The molecule has 2 aliphatic heterocycles. The quantitative estimate of drug-likeness (QED) is 0.723. The summed E-state index contributed by atoms with van der Waals surface area (Å²) in [5.74, 6) is 0.400. The van der Waals surface area contributed by atoms with E-state index < -0.39 is 4.87 Å². The van der Waals surface area contributed by atoms with Crippen molar-refractivity contribution in [3.63, 3.8) is 0 Å². The van der Waals surface area contributed by atoms with E-state index in [9.17, 15) is 14.0 Å². The number of carbonyl (C=O) groups excluding carboxylic acids is 2. The zero-order valence-electron chi connectivity index (χ0n) is 17.1. The van der Waals surface area contributed by atoms with Gasteiger partial charge in [0.05, 0.1) is 12.2 Å². The summed E-state index contributed by atoms with van der Waals surface area (Å²) in [6.45, 7) is 2.74. The Morgan fingerprint density at radius 2 is 1.97 bits per heavy atom. The molecule has 1 saturated carbocycles. The molecule has 2 aromatic rings. The molecule has 0 bridgehead atoms. The number of carbonyl (C=O) groups is 2. The summed E-state index contributed by atoms with van der Waals surface area (Å²) < 4.78 is 14.4. The van der Waals surface area contributed by atoms with Gasteiger partial charge in [0.1, 0.15) is 5.82 Å². The smallest absolute Gasteiger partial charge is 0.268 e. The van der Waals surface area contributed by atoms with Crippen molar-refractivity contribution in [1.29, 1.82) is 0 Å². The average molecular weight is 425 g/mol. The van der Waals surface area contributed by atoms with Gasteiger partial charge in [0.25, 0.3) is 5.91 Å². The molecule has 2 heterocycles. The van der Waals surface area contributed by atoms with Crippen molar-refractivity contribution in [2.45, 2.75) is 44.0 Å². The fraction of sp³-hybridized carbons (Fsp3) is 0.417. The molecule has 5 rings (SSSR count). The Labute approximate surface area is 180 Å². The van der Waals surface area contributed by atoms with Crippen LogP contribution in [0.1, 0.15) is 42.4 Å². The zero-order chi connectivity index (χ0) is 20.9. The van der Waals surface area contributed by atoms with E-state index >= 15 is 0 Å². The Hall–Kier alpha value is -2.34. The minimum atomic E-state index is -1.02. The van der Waals surface area contributed by atoms with Crippen molar-refractivity contribution in [3.8, 4) is 0 Å². The van der Waals surface area contributed by atoms with Crippen LogP contribution >= 0.6 is 11.8 Å². The number of rotatable bonds is 3. The molecule has 2 aromatic carbocycles. The van der Waals surface area contributed by atoms with Crippen LogP contribution in [0.3, 0.4) is 0 Å². The second-order valence-corrected chi connectivity index (χ2v) is 9.75. The number of anilines is 1. The van der Waals surface area contributed by atoms with E-state index in [1.165, 1.54) is 6.07 Å². The lowest BCUT2D eigenvalue weighted by atomic mass is 10.00. The van der Waals surface area contributed by atoms with Crippen LogP contribution in [0.4, 0.5) is 10.1 Å². The maximum Gasteiger partial charge on any atom is 0.268 e. The number of amides is 2. The summed E-state index contributed by atoms with van der Waals surface area (Å²) in [5, 5.41) is 0. The molecule has 2 amide bonds. The van der Waals surface area contributed by atoms with Crippen molar-refractivity contribution >= 4 is 29.3 Å². The third-order valence-corrected chi connectivity index (χ3v) is 8.03. The fourth-order valence-electron chi connectivity index (χ4n) is 5.10. The van der Waals surface area contributed by atoms with E-state index in [1.807, 2.05) is 30.0 Å². The minimum absolute atomic E-state index is 0.0160. The van der Waals surface area contributed by atoms with Gasteiger partial charge in [0.2, 0.25) is 5.91 Å². The molecule has 156 valence electrons. The number of hydrogen-bond acceptors (Lipinski definition) is 3. The summed E-state index contributed by atoms with van der Waals surface area (Å²) in [5.41, 5.74) is 3.19. The van der Waals surface area contributed by atoms with Crippen LogP contribution in [0.25, 0.3) is 0 Å².